The third kappa shape index (κ3) is 3.04. The molecule has 0 spiro atoms. The lowest BCUT2D eigenvalue weighted by molar-refractivity contribution is 0.285. The summed E-state index contributed by atoms with van der Waals surface area (Å²) in [6, 6.07) is 19.9. The Bertz CT molecular complexity index is 1050. The predicted molar refractivity (Wildman–Crippen MR) is 99.0 cm³/mol. The zero-order chi connectivity index (χ0) is 17.9. The average Bonchev–Trinajstić information content (AvgIpc) is 3.12. The van der Waals surface area contributed by atoms with Crippen LogP contribution in [-0.2, 0) is 6.61 Å². The maximum Gasteiger partial charge on any atom is 0.313 e. The van der Waals surface area contributed by atoms with E-state index in [0.29, 0.717) is 29.6 Å². The van der Waals surface area contributed by atoms with Gasteiger partial charge in [-0.15, -0.1) is 5.10 Å². The van der Waals surface area contributed by atoms with E-state index in [9.17, 15) is 0 Å². The van der Waals surface area contributed by atoms with E-state index in [4.69, 9.17) is 19.6 Å². The number of aromatic nitrogens is 2. The van der Waals surface area contributed by atoms with E-state index < -0.39 is 0 Å². The maximum absolute atomic E-state index is 6.00. The number of ether oxygens (including phenoxy) is 2. The summed E-state index contributed by atoms with van der Waals surface area (Å²) in [5, 5.41) is 9.90. The van der Waals surface area contributed by atoms with Crippen molar-refractivity contribution in [3.8, 4) is 23.0 Å². The highest BCUT2D eigenvalue weighted by Gasteiger charge is 2.12. The second-order valence-corrected chi connectivity index (χ2v) is 5.74. The van der Waals surface area contributed by atoms with E-state index in [-0.39, 0.29) is 6.01 Å². The van der Waals surface area contributed by atoms with Crippen molar-refractivity contribution in [2.45, 2.75) is 6.61 Å². The molecule has 0 amide bonds. The Labute approximate surface area is 150 Å². The zero-order valence-electron chi connectivity index (χ0n) is 14.2. The quantitative estimate of drug-likeness (QED) is 0.586. The van der Waals surface area contributed by atoms with E-state index in [0.717, 1.165) is 5.56 Å². The van der Waals surface area contributed by atoms with Crippen LogP contribution in [0.3, 0.4) is 0 Å². The number of anilines is 1. The van der Waals surface area contributed by atoms with Crippen molar-refractivity contribution in [3.63, 3.8) is 0 Å². The molecular formula is C20H17N3O3. The van der Waals surface area contributed by atoms with Gasteiger partial charge in [-0.05, 0) is 34.5 Å². The van der Waals surface area contributed by atoms with Gasteiger partial charge in [0.05, 0.1) is 7.11 Å². The van der Waals surface area contributed by atoms with Gasteiger partial charge in [-0.3, -0.25) is 0 Å². The fourth-order valence-corrected chi connectivity index (χ4v) is 2.84. The maximum atomic E-state index is 6.00. The van der Waals surface area contributed by atoms with Crippen LogP contribution in [0.2, 0.25) is 0 Å². The largest absolute Gasteiger partial charge is 0.493 e. The van der Waals surface area contributed by atoms with Gasteiger partial charge in [0.25, 0.3) is 0 Å². The van der Waals surface area contributed by atoms with Gasteiger partial charge < -0.3 is 19.6 Å². The van der Waals surface area contributed by atoms with Crippen LogP contribution in [0.15, 0.2) is 65.1 Å². The number of benzene rings is 3. The Morgan fingerprint density at radius 3 is 2.62 bits per heavy atom. The molecule has 0 radical (unpaired) electrons. The van der Waals surface area contributed by atoms with Crippen molar-refractivity contribution < 1.29 is 13.9 Å². The number of methoxy groups -OCH3 is 1. The van der Waals surface area contributed by atoms with Gasteiger partial charge in [0.1, 0.15) is 6.61 Å². The molecule has 6 heteroatoms. The van der Waals surface area contributed by atoms with Gasteiger partial charge in [0.15, 0.2) is 11.5 Å². The topological polar surface area (TPSA) is 83.4 Å². The number of hydrogen-bond acceptors (Lipinski definition) is 6. The molecule has 26 heavy (non-hydrogen) atoms. The number of nitrogens with zero attached hydrogens (tertiary/aromatic N) is 2. The first-order valence-corrected chi connectivity index (χ1v) is 8.11. The van der Waals surface area contributed by atoms with Crippen LogP contribution in [0.5, 0.6) is 11.5 Å². The Kier molecular flexibility index (Phi) is 4.15. The van der Waals surface area contributed by atoms with Crippen molar-refractivity contribution in [2.24, 2.45) is 0 Å². The average molecular weight is 347 g/mol. The first-order valence-electron chi connectivity index (χ1n) is 8.11. The minimum absolute atomic E-state index is 0.0234. The van der Waals surface area contributed by atoms with Crippen LogP contribution < -0.4 is 15.2 Å². The van der Waals surface area contributed by atoms with Gasteiger partial charge in [-0.1, -0.05) is 47.6 Å². The fourth-order valence-electron chi connectivity index (χ4n) is 2.84. The van der Waals surface area contributed by atoms with E-state index in [1.807, 2.05) is 30.3 Å². The minimum Gasteiger partial charge on any atom is -0.493 e. The predicted octanol–water partition coefficient (Wildman–Crippen LogP) is 4.06. The van der Waals surface area contributed by atoms with Crippen LogP contribution in [-0.4, -0.2) is 17.3 Å². The van der Waals surface area contributed by atoms with Crippen LogP contribution in [0.4, 0.5) is 6.01 Å². The summed E-state index contributed by atoms with van der Waals surface area (Å²) < 4.78 is 16.7. The normalized spacial score (nSPS) is 10.8. The summed E-state index contributed by atoms with van der Waals surface area (Å²) in [4.78, 5) is 0. The third-order valence-corrected chi connectivity index (χ3v) is 4.11. The van der Waals surface area contributed by atoms with Crippen LogP contribution in [0.25, 0.3) is 22.2 Å². The second kappa shape index (κ2) is 6.76. The van der Waals surface area contributed by atoms with Crippen LogP contribution >= 0.6 is 0 Å². The lowest BCUT2D eigenvalue weighted by Gasteiger charge is -2.12. The molecule has 0 aliphatic carbocycles. The van der Waals surface area contributed by atoms with Crippen molar-refractivity contribution in [1.82, 2.24) is 10.2 Å². The molecule has 0 saturated heterocycles. The molecule has 4 rings (SSSR count). The van der Waals surface area contributed by atoms with Gasteiger partial charge in [-0.2, -0.15) is 0 Å². The first-order chi connectivity index (χ1) is 12.7. The summed E-state index contributed by atoms with van der Waals surface area (Å²) in [6.45, 7) is 0.435. The molecule has 0 aliphatic heterocycles. The molecule has 0 atom stereocenters. The number of hydrogen-bond donors (Lipinski definition) is 1. The monoisotopic (exact) mass is 347 g/mol. The van der Waals surface area contributed by atoms with E-state index >= 15 is 0 Å². The minimum atomic E-state index is 0.0234. The van der Waals surface area contributed by atoms with E-state index in [1.165, 1.54) is 10.8 Å². The summed E-state index contributed by atoms with van der Waals surface area (Å²) >= 11 is 0. The molecule has 0 unspecified atom stereocenters. The fraction of sp³-hybridized carbons (Fsp3) is 0.100. The molecule has 0 bridgehead atoms. The molecule has 0 saturated carbocycles. The zero-order valence-corrected chi connectivity index (χ0v) is 14.2. The van der Waals surface area contributed by atoms with Gasteiger partial charge in [0, 0.05) is 5.56 Å². The molecule has 130 valence electrons. The highest BCUT2D eigenvalue weighted by molar-refractivity contribution is 5.85. The van der Waals surface area contributed by atoms with E-state index in [1.54, 1.807) is 13.2 Å². The number of nitrogens with two attached hydrogens (primary N) is 1. The molecule has 0 aliphatic rings. The van der Waals surface area contributed by atoms with E-state index in [2.05, 4.69) is 34.5 Å². The van der Waals surface area contributed by atoms with Crippen LogP contribution in [0.1, 0.15) is 5.56 Å². The van der Waals surface area contributed by atoms with Gasteiger partial charge in [0.2, 0.25) is 5.89 Å². The molecule has 1 aromatic heterocycles. The lowest BCUT2D eigenvalue weighted by Crippen LogP contribution is -1.98. The SMILES string of the molecule is COc1cc(-c2nnc(N)o2)ccc1OCc1cccc2ccccc12. The summed E-state index contributed by atoms with van der Waals surface area (Å²) in [6.07, 6.45) is 0. The van der Waals surface area contributed by atoms with Crippen molar-refractivity contribution in [2.75, 3.05) is 12.8 Å². The van der Waals surface area contributed by atoms with Gasteiger partial charge >= 0.3 is 6.01 Å². The Balaban J connectivity index is 1.60. The van der Waals surface area contributed by atoms with Gasteiger partial charge in [-0.25, -0.2) is 0 Å². The number of nitrogen functional groups attached to an aromatic ring is 1. The standard InChI is InChI=1S/C20H17N3O3/c1-24-18-11-14(19-22-23-20(21)26-19)9-10-17(18)25-12-15-7-4-6-13-5-2-3-8-16(13)15/h2-11H,12H2,1H3,(H2,21,23). The summed E-state index contributed by atoms with van der Waals surface area (Å²) in [7, 11) is 1.59. The molecule has 1 heterocycles. The molecule has 4 aromatic rings. The van der Waals surface area contributed by atoms with Crippen molar-refractivity contribution >= 4 is 16.8 Å². The smallest absolute Gasteiger partial charge is 0.313 e. The molecule has 2 N–H and O–H groups in total. The Hall–Kier alpha value is -3.54. The summed E-state index contributed by atoms with van der Waals surface area (Å²) in [5.41, 5.74) is 7.30. The lowest BCUT2D eigenvalue weighted by atomic mass is 10.1. The molecule has 0 fully saturated rings. The third-order valence-electron chi connectivity index (χ3n) is 4.11. The molecule has 3 aromatic carbocycles. The highest BCUT2D eigenvalue weighted by atomic mass is 16.5. The molecule has 6 nitrogen and oxygen atoms in total. The van der Waals surface area contributed by atoms with Crippen LogP contribution in [0, 0.1) is 0 Å². The highest BCUT2D eigenvalue weighted by Crippen LogP contribution is 2.33. The van der Waals surface area contributed by atoms with Crippen molar-refractivity contribution in [1.29, 1.82) is 0 Å². The first kappa shape index (κ1) is 16.0. The summed E-state index contributed by atoms with van der Waals surface area (Å²) in [5.74, 6) is 1.55. The van der Waals surface area contributed by atoms with Crippen molar-refractivity contribution in [3.05, 3.63) is 66.2 Å². The Morgan fingerprint density at radius 2 is 1.81 bits per heavy atom. The second-order valence-electron chi connectivity index (χ2n) is 5.74. The Morgan fingerprint density at radius 1 is 0.962 bits per heavy atom. The number of fused-ring (bicyclic) bond motifs is 1. The number of rotatable bonds is 5. The molecular weight excluding hydrogens is 330 g/mol.